The molecule has 0 amide bonds. The molecule has 0 atom stereocenters. The number of rotatable bonds is 3. The van der Waals surface area contributed by atoms with E-state index >= 15 is 0 Å². The second-order valence-corrected chi connectivity index (χ2v) is 6.69. The first kappa shape index (κ1) is 13.1. The van der Waals surface area contributed by atoms with Gasteiger partial charge in [-0.1, -0.05) is 11.6 Å². The Bertz CT molecular complexity index is 685. The molecule has 1 aromatic carbocycles. The summed E-state index contributed by atoms with van der Waals surface area (Å²) in [4.78, 5) is 0. The maximum atomic E-state index is 13.5. The highest BCUT2D eigenvalue weighted by molar-refractivity contribution is 7.94. The van der Waals surface area contributed by atoms with Crippen LogP contribution in [-0.4, -0.2) is 8.42 Å². The first-order chi connectivity index (χ1) is 8.38. The molecule has 8 heteroatoms. The van der Waals surface area contributed by atoms with Crippen LogP contribution in [-0.2, 0) is 10.0 Å². The fourth-order valence-corrected chi connectivity index (χ4v) is 3.54. The maximum Gasteiger partial charge on any atom is 0.271 e. The van der Waals surface area contributed by atoms with Gasteiger partial charge in [-0.05, 0) is 24.3 Å². The van der Waals surface area contributed by atoms with E-state index in [9.17, 15) is 12.8 Å². The van der Waals surface area contributed by atoms with Gasteiger partial charge in [0.15, 0.2) is 0 Å². The highest BCUT2D eigenvalue weighted by atomic mass is 35.5. The van der Waals surface area contributed by atoms with Crippen molar-refractivity contribution in [2.75, 3.05) is 10.5 Å². The molecule has 0 spiro atoms. The van der Waals surface area contributed by atoms with Crippen molar-refractivity contribution >= 4 is 44.3 Å². The van der Waals surface area contributed by atoms with E-state index in [0.29, 0.717) is 5.69 Å². The zero-order valence-corrected chi connectivity index (χ0v) is 11.2. The molecule has 0 aliphatic heterocycles. The highest BCUT2D eigenvalue weighted by Crippen LogP contribution is 2.26. The van der Waals surface area contributed by atoms with Crippen LogP contribution in [0.4, 0.5) is 15.8 Å². The largest absolute Gasteiger partial charge is 0.398 e. The van der Waals surface area contributed by atoms with Crippen LogP contribution in [0, 0.1) is 5.82 Å². The summed E-state index contributed by atoms with van der Waals surface area (Å²) in [6, 6.07) is 4.99. The first-order valence-corrected chi connectivity index (χ1v) is 7.44. The number of anilines is 2. The van der Waals surface area contributed by atoms with Crippen LogP contribution in [0.2, 0.25) is 5.02 Å². The molecule has 0 aliphatic carbocycles. The minimum Gasteiger partial charge on any atom is -0.398 e. The molecule has 0 fully saturated rings. The SMILES string of the molecule is Nc1csc(S(=O)(=O)Nc2ccc(Cl)cc2F)c1. The van der Waals surface area contributed by atoms with E-state index in [4.69, 9.17) is 17.3 Å². The molecular weight excluding hydrogens is 299 g/mol. The Balaban J connectivity index is 2.33. The van der Waals surface area contributed by atoms with Crippen LogP contribution in [0.1, 0.15) is 0 Å². The van der Waals surface area contributed by atoms with Gasteiger partial charge in [0.2, 0.25) is 0 Å². The smallest absolute Gasteiger partial charge is 0.271 e. The minimum absolute atomic E-state index is 0.0225. The van der Waals surface area contributed by atoms with E-state index in [2.05, 4.69) is 4.72 Å². The summed E-state index contributed by atoms with van der Waals surface area (Å²) in [5.41, 5.74) is 5.63. The predicted octanol–water partition coefficient (Wildman–Crippen LogP) is 2.92. The summed E-state index contributed by atoms with van der Waals surface area (Å²) in [6.07, 6.45) is 0. The van der Waals surface area contributed by atoms with Gasteiger partial charge in [0.1, 0.15) is 10.0 Å². The molecular formula is C10H8ClFN2O2S2. The average Bonchev–Trinajstić information content (AvgIpc) is 2.70. The van der Waals surface area contributed by atoms with Gasteiger partial charge in [-0.2, -0.15) is 0 Å². The lowest BCUT2D eigenvalue weighted by molar-refractivity contribution is 0.600. The second-order valence-electron chi connectivity index (χ2n) is 3.43. The Morgan fingerprint density at radius 2 is 2.06 bits per heavy atom. The Hall–Kier alpha value is -1.31. The second kappa shape index (κ2) is 4.75. The Morgan fingerprint density at radius 3 is 2.61 bits per heavy atom. The topological polar surface area (TPSA) is 72.2 Å². The third-order valence-corrected chi connectivity index (χ3v) is 5.09. The third-order valence-electron chi connectivity index (χ3n) is 2.04. The van der Waals surface area contributed by atoms with Gasteiger partial charge in [-0.25, -0.2) is 12.8 Å². The van der Waals surface area contributed by atoms with Crippen LogP contribution < -0.4 is 10.5 Å². The van der Waals surface area contributed by atoms with E-state index in [1.165, 1.54) is 23.6 Å². The first-order valence-electron chi connectivity index (χ1n) is 4.70. The number of nitrogen functional groups attached to an aromatic ring is 1. The molecule has 4 nitrogen and oxygen atoms in total. The average molecular weight is 307 g/mol. The molecule has 0 saturated carbocycles. The molecule has 0 radical (unpaired) electrons. The Labute approximate surface area is 112 Å². The minimum atomic E-state index is -3.82. The van der Waals surface area contributed by atoms with Crippen molar-refractivity contribution in [1.29, 1.82) is 0 Å². The molecule has 2 rings (SSSR count). The van der Waals surface area contributed by atoms with Gasteiger partial charge >= 0.3 is 0 Å². The van der Waals surface area contributed by atoms with Crippen LogP contribution in [0.15, 0.2) is 33.9 Å². The Kier molecular flexibility index (Phi) is 3.47. The quantitative estimate of drug-likeness (QED) is 0.916. The maximum absolute atomic E-state index is 13.5. The lowest BCUT2D eigenvalue weighted by Gasteiger charge is -2.07. The lowest BCUT2D eigenvalue weighted by Crippen LogP contribution is -2.12. The number of nitrogens with two attached hydrogens (primary N) is 1. The zero-order valence-electron chi connectivity index (χ0n) is 8.85. The van der Waals surface area contributed by atoms with Crippen molar-refractivity contribution in [2.24, 2.45) is 0 Å². The predicted molar refractivity (Wildman–Crippen MR) is 70.9 cm³/mol. The molecule has 0 bridgehead atoms. The van der Waals surface area contributed by atoms with Crippen LogP contribution in [0.25, 0.3) is 0 Å². The van der Waals surface area contributed by atoms with Crippen LogP contribution in [0.5, 0.6) is 0 Å². The van der Waals surface area contributed by atoms with E-state index in [-0.39, 0.29) is 14.9 Å². The fourth-order valence-electron chi connectivity index (χ4n) is 1.24. The molecule has 0 saturated heterocycles. The van der Waals surface area contributed by atoms with Crippen molar-refractivity contribution < 1.29 is 12.8 Å². The lowest BCUT2D eigenvalue weighted by atomic mass is 10.3. The van der Waals surface area contributed by atoms with E-state index in [1.807, 2.05) is 0 Å². The molecule has 2 aromatic rings. The number of hydrogen-bond acceptors (Lipinski definition) is 4. The van der Waals surface area contributed by atoms with Crippen molar-refractivity contribution in [2.45, 2.75) is 4.21 Å². The molecule has 3 N–H and O–H groups in total. The third kappa shape index (κ3) is 2.74. The van der Waals surface area contributed by atoms with Gasteiger partial charge in [0.25, 0.3) is 10.0 Å². The van der Waals surface area contributed by atoms with Gasteiger partial charge in [0, 0.05) is 16.1 Å². The van der Waals surface area contributed by atoms with Crippen molar-refractivity contribution in [3.8, 4) is 0 Å². The Morgan fingerprint density at radius 1 is 1.33 bits per heavy atom. The normalized spacial score (nSPS) is 11.4. The van der Waals surface area contributed by atoms with Gasteiger partial charge in [-0.15, -0.1) is 11.3 Å². The van der Waals surface area contributed by atoms with Crippen molar-refractivity contribution in [3.05, 3.63) is 40.5 Å². The van der Waals surface area contributed by atoms with Crippen molar-refractivity contribution in [3.63, 3.8) is 0 Å². The standard InChI is InChI=1S/C10H8ClFN2O2S2/c11-6-1-2-9(8(12)3-6)14-18(15,16)10-4-7(13)5-17-10/h1-5,14H,13H2. The van der Waals surface area contributed by atoms with E-state index in [1.54, 1.807) is 0 Å². The number of sulfonamides is 1. The molecule has 0 unspecified atom stereocenters. The fraction of sp³-hybridized carbons (Fsp3) is 0. The number of nitrogens with one attached hydrogen (secondary N) is 1. The summed E-state index contributed by atoms with van der Waals surface area (Å²) in [5.74, 6) is -0.740. The number of benzene rings is 1. The molecule has 0 aliphatic rings. The summed E-state index contributed by atoms with van der Waals surface area (Å²) in [5, 5.41) is 1.68. The number of thiophene rings is 1. The number of halogens is 2. The summed E-state index contributed by atoms with van der Waals surface area (Å²) in [7, 11) is -3.82. The van der Waals surface area contributed by atoms with E-state index < -0.39 is 15.8 Å². The summed E-state index contributed by atoms with van der Waals surface area (Å²) in [6.45, 7) is 0. The molecule has 18 heavy (non-hydrogen) atoms. The molecule has 1 aromatic heterocycles. The van der Waals surface area contributed by atoms with Gasteiger partial charge in [0.05, 0.1) is 5.69 Å². The molecule has 96 valence electrons. The monoisotopic (exact) mass is 306 g/mol. The zero-order chi connectivity index (χ0) is 13.3. The highest BCUT2D eigenvalue weighted by Gasteiger charge is 2.18. The van der Waals surface area contributed by atoms with E-state index in [0.717, 1.165) is 17.4 Å². The summed E-state index contributed by atoms with van der Waals surface area (Å²) < 4.78 is 39.4. The van der Waals surface area contributed by atoms with Crippen LogP contribution >= 0.6 is 22.9 Å². The van der Waals surface area contributed by atoms with Crippen LogP contribution in [0.3, 0.4) is 0 Å². The van der Waals surface area contributed by atoms with Gasteiger partial charge < -0.3 is 5.73 Å². The van der Waals surface area contributed by atoms with Crippen molar-refractivity contribution in [1.82, 2.24) is 0 Å². The summed E-state index contributed by atoms with van der Waals surface area (Å²) >= 11 is 6.54. The number of hydrogen-bond donors (Lipinski definition) is 2. The van der Waals surface area contributed by atoms with Gasteiger partial charge in [-0.3, -0.25) is 4.72 Å². The molecule has 1 heterocycles.